The van der Waals surface area contributed by atoms with E-state index >= 15 is 0 Å². The van der Waals surface area contributed by atoms with Gasteiger partial charge >= 0.3 is 11.9 Å². The van der Waals surface area contributed by atoms with Crippen LogP contribution in [-0.4, -0.2) is 22.2 Å². The van der Waals surface area contributed by atoms with Gasteiger partial charge in [-0.25, -0.2) is 9.59 Å². The van der Waals surface area contributed by atoms with Gasteiger partial charge in [0.1, 0.15) is 12.2 Å². The molecule has 1 aliphatic heterocycles. The first kappa shape index (κ1) is 13.3. The van der Waals surface area contributed by atoms with Crippen LogP contribution in [0.15, 0.2) is 48.5 Å². The Morgan fingerprint density at radius 3 is 2.14 bits per heavy atom. The van der Waals surface area contributed by atoms with E-state index in [0.717, 1.165) is 5.56 Å². The second-order valence-corrected chi connectivity index (χ2v) is 4.80. The van der Waals surface area contributed by atoms with Crippen molar-refractivity contribution < 1.29 is 24.5 Å². The summed E-state index contributed by atoms with van der Waals surface area (Å²) in [4.78, 5) is 22.0. The van der Waals surface area contributed by atoms with E-state index in [4.69, 9.17) is 9.84 Å². The number of rotatable bonds is 4. The second kappa shape index (κ2) is 5.03. The Morgan fingerprint density at radius 2 is 1.52 bits per heavy atom. The quantitative estimate of drug-likeness (QED) is 0.843. The van der Waals surface area contributed by atoms with Gasteiger partial charge in [-0.15, -0.1) is 0 Å². The standard InChI is InChI=1S/C16H12O5/c17-15(18)10-7-5-9(6-8-10)13-14(21-13)11-3-1-2-4-12(11)16(19)20/h1-8,13-14H,(H,17,18)(H,19,20). The average Bonchev–Trinajstić information content (AvgIpc) is 3.27. The molecule has 5 heteroatoms. The zero-order chi connectivity index (χ0) is 15.0. The largest absolute Gasteiger partial charge is 0.478 e. The number of hydrogen-bond acceptors (Lipinski definition) is 3. The van der Waals surface area contributed by atoms with E-state index in [-0.39, 0.29) is 23.3 Å². The summed E-state index contributed by atoms with van der Waals surface area (Å²) in [5, 5.41) is 18.0. The Kier molecular flexibility index (Phi) is 3.19. The molecule has 1 aliphatic rings. The Bertz CT molecular complexity index is 705. The first-order chi connectivity index (χ1) is 10.1. The molecule has 0 aliphatic carbocycles. The molecule has 0 bridgehead atoms. The molecule has 5 nitrogen and oxygen atoms in total. The predicted octanol–water partition coefficient (Wildman–Crippen LogP) is 2.90. The zero-order valence-corrected chi connectivity index (χ0v) is 10.9. The normalized spacial score (nSPS) is 20.0. The monoisotopic (exact) mass is 284 g/mol. The summed E-state index contributed by atoms with van der Waals surface area (Å²) in [5.41, 5.74) is 1.91. The number of ether oxygens (including phenoxy) is 1. The Balaban J connectivity index is 1.83. The van der Waals surface area contributed by atoms with Gasteiger partial charge < -0.3 is 14.9 Å². The molecule has 21 heavy (non-hydrogen) atoms. The minimum Gasteiger partial charge on any atom is -0.478 e. The van der Waals surface area contributed by atoms with E-state index in [1.165, 1.54) is 12.1 Å². The molecule has 0 spiro atoms. The highest BCUT2D eigenvalue weighted by atomic mass is 16.6. The molecular weight excluding hydrogens is 272 g/mol. The number of benzene rings is 2. The van der Waals surface area contributed by atoms with Gasteiger partial charge in [0.15, 0.2) is 0 Å². The molecule has 0 aromatic heterocycles. The van der Waals surface area contributed by atoms with Crippen LogP contribution in [0, 0.1) is 0 Å². The van der Waals surface area contributed by atoms with Gasteiger partial charge in [-0.2, -0.15) is 0 Å². The van der Waals surface area contributed by atoms with Crippen molar-refractivity contribution in [1.82, 2.24) is 0 Å². The van der Waals surface area contributed by atoms with Crippen molar-refractivity contribution in [2.45, 2.75) is 12.2 Å². The highest BCUT2D eigenvalue weighted by Crippen LogP contribution is 2.51. The van der Waals surface area contributed by atoms with Crippen LogP contribution >= 0.6 is 0 Å². The maximum Gasteiger partial charge on any atom is 0.336 e. The van der Waals surface area contributed by atoms with E-state index in [0.29, 0.717) is 5.56 Å². The van der Waals surface area contributed by atoms with Crippen molar-refractivity contribution >= 4 is 11.9 Å². The molecule has 2 aromatic carbocycles. The highest BCUT2D eigenvalue weighted by molar-refractivity contribution is 5.89. The molecule has 0 radical (unpaired) electrons. The SMILES string of the molecule is O=C(O)c1ccc(C2OC2c2ccccc2C(=O)O)cc1. The highest BCUT2D eigenvalue weighted by Gasteiger charge is 2.43. The number of carbonyl (C=O) groups is 2. The first-order valence-electron chi connectivity index (χ1n) is 6.39. The van der Waals surface area contributed by atoms with Gasteiger partial charge in [-0.05, 0) is 29.3 Å². The molecule has 2 unspecified atom stereocenters. The van der Waals surface area contributed by atoms with Crippen molar-refractivity contribution in [3.05, 3.63) is 70.8 Å². The Labute approximate surface area is 120 Å². The van der Waals surface area contributed by atoms with Gasteiger partial charge in [0.2, 0.25) is 0 Å². The molecule has 0 saturated carbocycles. The average molecular weight is 284 g/mol. The molecule has 1 heterocycles. The summed E-state index contributed by atoms with van der Waals surface area (Å²) in [6, 6.07) is 13.1. The fraction of sp³-hybridized carbons (Fsp3) is 0.125. The third-order valence-electron chi connectivity index (χ3n) is 3.48. The van der Waals surface area contributed by atoms with Crippen LogP contribution in [0.3, 0.4) is 0 Å². The lowest BCUT2D eigenvalue weighted by Gasteiger charge is -2.02. The van der Waals surface area contributed by atoms with E-state index in [9.17, 15) is 14.7 Å². The van der Waals surface area contributed by atoms with Crippen LogP contribution in [0.2, 0.25) is 0 Å². The van der Waals surface area contributed by atoms with E-state index < -0.39 is 11.9 Å². The van der Waals surface area contributed by atoms with Gasteiger partial charge in [0, 0.05) is 0 Å². The summed E-state index contributed by atoms with van der Waals surface area (Å²) >= 11 is 0. The van der Waals surface area contributed by atoms with Crippen molar-refractivity contribution in [2.75, 3.05) is 0 Å². The molecule has 106 valence electrons. The molecule has 2 N–H and O–H groups in total. The minimum absolute atomic E-state index is 0.210. The van der Waals surface area contributed by atoms with Gasteiger partial charge in [-0.3, -0.25) is 0 Å². The third kappa shape index (κ3) is 2.51. The van der Waals surface area contributed by atoms with E-state index in [1.54, 1.807) is 36.4 Å². The van der Waals surface area contributed by atoms with Gasteiger partial charge in [-0.1, -0.05) is 30.3 Å². The van der Waals surface area contributed by atoms with Crippen LogP contribution in [-0.2, 0) is 4.74 Å². The number of hydrogen-bond donors (Lipinski definition) is 2. The van der Waals surface area contributed by atoms with Crippen LogP contribution in [0.5, 0.6) is 0 Å². The van der Waals surface area contributed by atoms with Crippen LogP contribution in [0.25, 0.3) is 0 Å². The van der Waals surface area contributed by atoms with Crippen molar-refractivity contribution in [3.63, 3.8) is 0 Å². The molecular formula is C16H12O5. The lowest BCUT2D eigenvalue weighted by molar-refractivity contribution is 0.0685. The van der Waals surface area contributed by atoms with Crippen molar-refractivity contribution in [2.24, 2.45) is 0 Å². The maximum atomic E-state index is 11.2. The first-order valence-corrected chi connectivity index (χ1v) is 6.39. The number of aromatic carboxylic acids is 2. The summed E-state index contributed by atoms with van der Waals surface area (Å²) in [5.74, 6) is -1.97. The molecule has 2 aromatic rings. The molecule has 0 amide bonds. The summed E-state index contributed by atoms with van der Waals surface area (Å²) in [6.07, 6.45) is -0.527. The summed E-state index contributed by atoms with van der Waals surface area (Å²) in [6.45, 7) is 0. The Morgan fingerprint density at radius 1 is 0.857 bits per heavy atom. The summed E-state index contributed by atoms with van der Waals surface area (Å²) in [7, 11) is 0. The second-order valence-electron chi connectivity index (χ2n) is 4.80. The van der Waals surface area contributed by atoms with E-state index in [2.05, 4.69) is 0 Å². The van der Waals surface area contributed by atoms with Crippen molar-refractivity contribution in [3.8, 4) is 0 Å². The lowest BCUT2D eigenvalue weighted by Crippen LogP contribution is -2.01. The van der Waals surface area contributed by atoms with Crippen LogP contribution in [0.4, 0.5) is 0 Å². The topological polar surface area (TPSA) is 87.1 Å². The lowest BCUT2D eigenvalue weighted by atomic mass is 9.99. The molecule has 3 rings (SSSR count). The maximum absolute atomic E-state index is 11.2. The fourth-order valence-electron chi connectivity index (χ4n) is 2.36. The van der Waals surface area contributed by atoms with Gasteiger partial charge in [0.25, 0.3) is 0 Å². The fourth-order valence-corrected chi connectivity index (χ4v) is 2.36. The van der Waals surface area contributed by atoms with Crippen LogP contribution < -0.4 is 0 Å². The van der Waals surface area contributed by atoms with Gasteiger partial charge in [0.05, 0.1) is 11.1 Å². The number of carboxylic acids is 2. The third-order valence-corrected chi connectivity index (χ3v) is 3.48. The smallest absolute Gasteiger partial charge is 0.336 e. The molecule has 1 saturated heterocycles. The summed E-state index contributed by atoms with van der Waals surface area (Å²) < 4.78 is 5.57. The molecule has 1 fully saturated rings. The minimum atomic E-state index is -0.985. The Hall–Kier alpha value is -2.66. The number of carboxylic acid groups (broad SMARTS) is 2. The van der Waals surface area contributed by atoms with Crippen molar-refractivity contribution in [1.29, 1.82) is 0 Å². The predicted molar refractivity (Wildman–Crippen MR) is 73.4 cm³/mol. The molecule has 2 atom stereocenters. The number of epoxide rings is 1. The zero-order valence-electron chi connectivity index (χ0n) is 10.9. The van der Waals surface area contributed by atoms with E-state index in [1.807, 2.05) is 0 Å². The van der Waals surface area contributed by atoms with Crippen LogP contribution in [0.1, 0.15) is 44.1 Å².